The molecule has 0 bridgehead atoms. The van der Waals surface area contributed by atoms with Crippen molar-refractivity contribution in [1.29, 1.82) is 0 Å². The average Bonchev–Trinajstić information content (AvgIpc) is 3.21. The van der Waals surface area contributed by atoms with Crippen molar-refractivity contribution in [3.63, 3.8) is 0 Å². The van der Waals surface area contributed by atoms with Gasteiger partial charge in [0.1, 0.15) is 5.82 Å². The molecule has 0 aliphatic heterocycles. The van der Waals surface area contributed by atoms with E-state index in [2.05, 4.69) is 25.5 Å². The van der Waals surface area contributed by atoms with Gasteiger partial charge in [-0.2, -0.15) is 10.2 Å². The number of rotatable bonds is 5. The Labute approximate surface area is 187 Å². The van der Waals surface area contributed by atoms with Gasteiger partial charge in [0.15, 0.2) is 0 Å². The summed E-state index contributed by atoms with van der Waals surface area (Å²) in [6, 6.07) is 11.8. The molecule has 0 saturated heterocycles. The molecule has 0 unspecified atom stereocenters. The first kappa shape index (κ1) is 21.4. The van der Waals surface area contributed by atoms with Crippen LogP contribution in [0.5, 0.6) is 0 Å². The summed E-state index contributed by atoms with van der Waals surface area (Å²) < 4.78 is 3.46. The Kier molecular flexibility index (Phi) is 5.61. The second-order valence-electron chi connectivity index (χ2n) is 8.16. The van der Waals surface area contributed by atoms with Gasteiger partial charge in [0.25, 0.3) is 5.95 Å². The molecule has 0 fully saturated rings. The van der Waals surface area contributed by atoms with Crippen LogP contribution >= 0.6 is 0 Å². The van der Waals surface area contributed by atoms with Crippen molar-refractivity contribution in [2.45, 2.75) is 48.0 Å². The first-order valence-corrected chi connectivity index (χ1v) is 10.5. The highest BCUT2D eigenvalue weighted by Crippen LogP contribution is 2.20. The highest BCUT2D eigenvalue weighted by Gasteiger charge is 2.19. The number of benzene rings is 1. The normalized spacial score (nSPS) is 11.1. The van der Waals surface area contributed by atoms with E-state index in [1.165, 1.54) is 5.56 Å². The molecule has 32 heavy (non-hydrogen) atoms. The van der Waals surface area contributed by atoms with Crippen LogP contribution in [0.1, 0.15) is 39.6 Å². The van der Waals surface area contributed by atoms with E-state index >= 15 is 0 Å². The number of anilines is 1. The van der Waals surface area contributed by atoms with Crippen molar-refractivity contribution in [2.24, 2.45) is 0 Å². The predicted octanol–water partition coefficient (Wildman–Crippen LogP) is 3.88. The minimum atomic E-state index is -0.134. The molecule has 3 heterocycles. The molecule has 1 aromatic carbocycles. The molecule has 0 spiro atoms. The second-order valence-corrected chi connectivity index (χ2v) is 8.16. The molecule has 3 aromatic heterocycles. The number of hydrogen-bond acceptors (Lipinski definition) is 5. The molecule has 164 valence electrons. The van der Waals surface area contributed by atoms with Crippen molar-refractivity contribution < 1.29 is 4.79 Å². The summed E-state index contributed by atoms with van der Waals surface area (Å²) in [7, 11) is 0. The Balaban J connectivity index is 1.58. The molecule has 0 aliphatic carbocycles. The molecule has 0 radical (unpaired) electrons. The van der Waals surface area contributed by atoms with Crippen LogP contribution in [0.3, 0.4) is 0 Å². The average molecular weight is 430 g/mol. The number of amides is 1. The van der Waals surface area contributed by atoms with Crippen LogP contribution in [0.2, 0.25) is 0 Å². The van der Waals surface area contributed by atoms with Crippen molar-refractivity contribution in [1.82, 2.24) is 29.5 Å². The SMILES string of the molecule is Cc1ccc(-n2nc(C)cc2NC(=O)Cc2c(C)nn(-c3nc(C)cc(C)n3)c2C)cc1. The van der Waals surface area contributed by atoms with E-state index in [9.17, 15) is 4.79 Å². The molecular formula is C24H27N7O. The third kappa shape index (κ3) is 4.30. The fourth-order valence-electron chi connectivity index (χ4n) is 3.75. The summed E-state index contributed by atoms with van der Waals surface area (Å²) in [5, 5.41) is 12.1. The van der Waals surface area contributed by atoms with Crippen LogP contribution < -0.4 is 5.32 Å². The maximum absolute atomic E-state index is 13.0. The van der Waals surface area contributed by atoms with Crippen LogP contribution in [0.15, 0.2) is 36.4 Å². The number of nitrogens with zero attached hydrogens (tertiary/aromatic N) is 6. The van der Waals surface area contributed by atoms with Crippen LogP contribution in [-0.4, -0.2) is 35.4 Å². The number of nitrogens with one attached hydrogen (secondary N) is 1. The monoisotopic (exact) mass is 429 g/mol. The van der Waals surface area contributed by atoms with Crippen molar-refractivity contribution in [3.05, 3.63) is 76.0 Å². The van der Waals surface area contributed by atoms with Gasteiger partial charge in [0.05, 0.1) is 23.5 Å². The van der Waals surface area contributed by atoms with Crippen LogP contribution in [-0.2, 0) is 11.2 Å². The Morgan fingerprint density at radius 3 is 2.16 bits per heavy atom. The Hall–Kier alpha value is -3.81. The minimum absolute atomic E-state index is 0.134. The van der Waals surface area contributed by atoms with Gasteiger partial charge in [0, 0.05) is 28.7 Å². The largest absolute Gasteiger partial charge is 0.310 e. The zero-order valence-corrected chi connectivity index (χ0v) is 19.3. The van der Waals surface area contributed by atoms with Gasteiger partial charge in [-0.25, -0.2) is 19.3 Å². The van der Waals surface area contributed by atoms with Crippen molar-refractivity contribution in [2.75, 3.05) is 5.32 Å². The summed E-state index contributed by atoms with van der Waals surface area (Å²) in [4.78, 5) is 22.0. The van der Waals surface area contributed by atoms with Crippen LogP contribution in [0, 0.1) is 41.5 Å². The first-order chi connectivity index (χ1) is 15.2. The van der Waals surface area contributed by atoms with Gasteiger partial charge in [-0.15, -0.1) is 0 Å². The minimum Gasteiger partial charge on any atom is -0.310 e. The molecule has 1 N–H and O–H groups in total. The van der Waals surface area contributed by atoms with E-state index in [-0.39, 0.29) is 12.3 Å². The lowest BCUT2D eigenvalue weighted by atomic mass is 10.1. The molecule has 8 heteroatoms. The molecule has 0 saturated carbocycles. The summed E-state index contributed by atoms with van der Waals surface area (Å²) in [5.41, 5.74) is 7.13. The third-order valence-corrected chi connectivity index (χ3v) is 5.32. The third-order valence-electron chi connectivity index (χ3n) is 5.32. The molecule has 8 nitrogen and oxygen atoms in total. The summed E-state index contributed by atoms with van der Waals surface area (Å²) in [6.45, 7) is 11.6. The molecule has 0 aliphatic rings. The predicted molar refractivity (Wildman–Crippen MR) is 123 cm³/mol. The van der Waals surface area contributed by atoms with E-state index < -0.39 is 0 Å². The molecular weight excluding hydrogens is 402 g/mol. The second kappa shape index (κ2) is 8.37. The molecule has 4 rings (SSSR count). The van der Waals surface area contributed by atoms with Crippen molar-refractivity contribution in [3.8, 4) is 11.6 Å². The lowest BCUT2D eigenvalue weighted by molar-refractivity contribution is -0.115. The summed E-state index contributed by atoms with van der Waals surface area (Å²) in [6.07, 6.45) is 0.195. The highest BCUT2D eigenvalue weighted by molar-refractivity contribution is 5.92. The fourth-order valence-corrected chi connectivity index (χ4v) is 3.75. The maximum atomic E-state index is 13.0. The zero-order valence-electron chi connectivity index (χ0n) is 19.3. The number of aromatic nitrogens is 6. The quantitative estimate of drug-likeness (QED) is 0.520. The van der Waals surface area contributed by atoms with Gasteiger partial charge < -0.3 is 5.32 Å². The number of hydrogen-bond donors (Lipinski definition) is 1. The number of aryl methyl sites for hydroxylation is 5. The Bertz CT molecular complexity index is 1280. The van der Waals surface area contributed by atoms with Gasteiger partial charge in [-0.05, 0) is 59.7 Å². The summed E-state index contributed by atoms with van der Waals surface area (Å²) >= 11 is 0. The number of carbonyl (C=O) groups excluding carboxylic acids is 1. The van der Waals surface area contributed by atoms with Gasteiger partial charge in [0.2, 0.25) is 5.91 Å². The lowest BCUT2D eigenvalue weighted by Gasteiger charge is -2.10. The molecule has 0 atom stereocenters. The lowest BCUT2D eigenvalue weighted by Crippen LogP contribution is -2.18. The fraction of sp³-hybridized carbons (Fsp3) is 0.292. The van der Waals surface area contributed by atoms with E-state index in [1.54, 1.807) is 9.36 Å². The van der Waals surface area contributed by atoms with Crippen LogP contribution in [0.4, 0.5) is 5.82 Å². The van der Waals surface area contributed by atoms with Gasteiger partial charge in [-0.1, -0.05) is 17.7 Å². The van der Waals surface area contributed by atoms with Gasteiger partial charge in [-0.3, -0.25) is 4.79 Å². The van der Waals surface area contributed by atoms with E-state index in [1.807, 2.05) is 77.9 Å². The highest BCUT2D eigenvalue weighted by atomic mass is 16.1. The topological polar surface area (TPSA) is 90.5 Å². The van der Waals surface area contributed by atoms with E-state index in [4.69, 9.17) is 0 Å². The number of carbonyl (C=O) groups is 1. The Morgan fingerprint density at radius 2 is 1.50 bits per heavy atom. The van der Waals surface area contributed by atoms with Crippen LogP contribution in [0.25, 0.3) is 11.6 Å². The smallest absolute Gasteiger partial charge is 0.251 e. The summed E-state index contributed by atoms with van der Waals surface area (Å²) in [5.74, 6) is 1.02. The standard InChI is InChI=1S/C24H27N7O/c1-14-7-9-20(10-8-14)31-22(12-17(4)28-31)27-23(32)13-21-18(5)29-30(19(21)6)24-25-15(2)11-16(3)26-24/h7-12H,13H2,1-6H3,(H,27,32). The van der Waals surface area contributed by atoms with Crippen molar-refractivity contribution >= 4 is 11.7 Å². The van der Waals surface area contributed by atoms with Gasteiger partial charge >= 0.3 is 0 Å². The zero-order chi connectivity index (χ0) is 23.0. The molecule has 4 aromatic rings. The Morgan fingerprint density at radius 1 is 0.844 bits per heavy atom. The first-order valence-electron chi connectivity index (χ1n) is 10.5. The van der Waals surface area contributed by atoms with E-state index in [0.717, 1.165) is 39.7 Å². The van der Waals surface area contributed by atoms with E-state index in [0.29, 0.717) is 11.8 Å². The maximum Gasteiger partial charge on any atom is 0.251 e. The molecule has 1 amide bonds.